The highest BCUT2D eigenvalue weighted by atomic mass is 32.2. The second kappa shape index (κ2) is 7.98. The Kier molecular flexibility index (Phi) is 6.97. The van der Waals surface area contributed by atoms with Crippen LogP contribution < -0.4 is 10.6 Å². The Labute approximate surface area is 109 Å². The standard InChI is InChI=1S/C13H26N2OS/c1-3-13(7-6-8-14-11-13)12(16)15-9-4-5-10-17-2/h14H,3-11H2,1-2H3,(H,15,16). The lowest BCUT2D eigenvalue weighted by Crippen LogP contribution is -2.50. The number of hydrogen-bond donors (Lipinski definition) is 2. The monoisotopic (exact) mass is 258 g/mol. The molecular weight excluding hydrogens is 232 g/mol. The van der Waals surface area contributed by atoms with Gasteiger partial charge in [0.25, 0.3) is 0 Å². The number of carbonyl (C=O) groups is 1. The molecule has 1 heterocycles. The molecule has 1 fully saturated rings. The molecule has 0 aromatic carbocycles. The van der Waals surface area contributed by atoms with Crippen molar-refractivity contribution in [2.45, 2.75) is 39.0 Å². The van der Waals surface area contributed by atoms with Crippen LogP contribution in [-0.4, -0.2) is 37.6 Å². The Hall–Kier alpha value is -0.220. The average molecular weight is 258 g/mol. The smallest absolute Gasteiger partial charge is 0.227 e. The van der Waals surface area contributed by atoms with Gasteiger partial charge in [0, 0.05) is 13.1 Å². The van der Waals surface area contributed by atoms with Gasteiger partial charge in [-0.05, 0) is 50.7 Å². The summed E-state index contributed by atoms with van der Waals surface area (Å²) < 4.78 is 0. The minimum atomic E-state index is -0.141. The van der Waals surface area contributed by atoms with E-state index in [1.165, 1.54) is 12.2 Å². The Balaban J connectivity index is 2.28. The number of amides is 1. The Morgan fingerprint density at radius 2 is 2.29 bits per heavy atom. The maximum Gasteiger partial charge on any atom is 0.227 e. The molecule has 3 nitrogen and oxygen atoms in total. The zero-order valence-electron chi connectivity index (χ0n) is 11.2. The molecule has 1 unspecified atom stereocenters. The minimum absolute atomic E-state index is 0.141. The van der Waals surface area contributed by atoms with Crippen LogP contribution in [0.1, 0.15) is 39.0 Å². The summed E-state index contributed by atoms with van der Waals surface area (Å²) in [7, 11) is 0. The Bertz CT molecular complexity index is 227. The highest BCUT2D eigenvalue weighted by Crippen LogP contribution is 2.30. The van der Waals surface area contributed by atoms with Gasteiger partial charge in [0.1, 0.15) is 0 Å². The molecule has 1 aliphatic rings. The van der Waals surface area contributed by atoms with Gasteiger partial charge in [-0.3, -0.25) is 4.79 Å². The van der Waals surface area contributed by atoms with Crippen LogP contribution in [0.4, 0.5) is 0 Å². The Morgan fingerprint density at radius 1 is 1.47 bits per heavy atom. The third kappa shape index (κ3) is 4.51. The lowest BCUT2D eigenvalue weighted by Gasteiger charge is -2.35. The van der Waals surface area contributed by atoms with Gasteiger partial charge in [0.05, 0.1) is 5.41 Å². The summed E-state index contributed by atoms with van der Waals surface area (Å²) in [6, 6.07) is 0. The number of carbonyl (C=O) groups excluding carboxylic acids is 1. The second-order valence-corrected chi connectivity index (χ2v) is 5.86. The number of thioether (sulfide) groups is 1. The van der Waals surface area contributed by atoms with E-state index in [9.17, 15) is 4.79 Å². The molecule has 100 valence electrons. The molecule has 0 bridgehead atoms. The van der Waals surface area contributed by atoms with E-state index in [4.69, 9.17) is 0 Å². The van der Waals surface area contributed by atoms with Crippen LogP contribution in [0, 0.1) is 5.41 Å². The molecule has 0 aromatic heterocycles. The summed E-state index contributed by atoms with van der Waals surface area (Å²) in [5, 5.41) is 6.47. The SMILES string of the molecule is CCC1(C(=O)NCCCCSC)CCCNC1. The zero-order valence-corrected chi connectivity index (χ0v) is 12.0. The lowest BCUT2D eigenvalue weighted by molar-refractivity contribution is -0.132. The maximum atomic E-state index is 12.2. The topological polar surface area (TPSA) is 41.1 Å². The van der Waals surface area contributed by atoms with Crippen LogP contribution >= 0.6 is 11.8 Å². The van der Waals surface area contributed by atoms with Crippen LogP contribution in [0.25, 0.3) is 0 Å². The van der Waals surface area contributed by atoms with Crippen molar-refractivity contribution in [2.75, 3.05) is 31.6 Å². The molecular formula is C13H26N2OS. The third-order valence-electron chi connectivity index (χ3n) is 3.69. The van der Waals surface area contributed by atoms with Gasteiger partial charge < -0.3 is 10.6 Å². The summed E-state index contributed by atoms with van der Waals surface area (Å²) in [4.78, 5) is 12.2. The van der Waals surface area contributed by atoms with Crippen LogP contribution in [-0.2, 0) is 4.79 Å². The molecule has 1 aliphatic heterocycles. The van der Waals surface area contributed by atoms with Gasteiger partial charge in [-0.25, -0.2) is 0 Å². The summed E-state index contributed by atoms with van der Waals surface area (Å²) in [6.45, 7) is 4.87. The van der Waals surface area contributed by atoms with Crippen LogP contribution in [0.15, 0.2) is 0 Å². The van der Waals surface area contributed by atoms with Crippen molar-refractivity contribution in [3.8, 4) is 0 Å². The van der Waals surface area contributed by atoms with Gasteiger partial charge in [-0.2, -0.15) is 11.8 Å². The van der Waals surface area contributed by atoms with Gasteiger partial charge in [0.15, 0.2) is 0 Å². The fourth-order valence-electron chi connectivity index (χ4n) is 2.38. The van der Waals surface area contributed by atoms with Gasteiger partial charge in [-0.1, -0.05) is 6.92 Å². The quantitative estimate of drug-likeness (QED) is 0.687. The molecule has 0 spiro atoms. The molecule has 2 N–H and O–H groups in total. The van der Waals surface area contributed by atoms with Gasteiger partial charge in [-0.15, -0.1) is 0 Å². The summed E-state index contributed by atoms with van der Waals surface area (Å²) in [5.41, 5.74) is -0.141. The molecule has 1 rings (SSSR count). The van der Waals surface area contributed by atoms with E-state index in [-0.39, 0.29) is 11.3 Å². The average Bonchev–Trinajstić information content (AvgIpc) is 2.39. The summed E-state index contributed by atoms with van der Waals surface area (Å²) in [5.74, 6) is 1.45. The summed E-state index contributed by atoms with van der Waals surface area (Å²) >= 11 is 1.87. The van der Waals surface area contributed by atoms with E-state index in [0.717, 1.165) is 45.3 Å². The van der Waals surface area contributed by atoms with Crippen LogP contribution in [0.2, 0.25) is 0 Å². The van der Waals surface area contributed by atoms with Crippen molar-refractivity contribution in [1.29, 1.82) is 0 Å². The molecule has 1 atom stereocenters. The van der Waals surface area contributed by atoms with E-state index in [1.807, 2.05) is 11.8 Å². The van der Waals surface area contributed by atoms with Crippen molar-refractivity contribution < 1.29 is 4.79 Å². The van der Waals surface area contributed by atoms with Gasteiger partial charge >= 0.3 is 0 Å². The largest absolute Gasteiger partial charge is 0.356 e. The van der Waals surface area contributed by atoms with E-state index in [0.29, 0.717) is 0 Å². The normalized spacial score (nSPS) is 24.6. The van der Waals surface area contributed by atoms with Gasteiger partial charge in [0.2, 0.25) is 5.91 Å². The van der Waals surface area contributed by atoms with Crippen molar-refractivity contribution in [3.05, 3.63) is 0 Å². The number of rotatable bonds is 7. The predicted octanol–water partition coefficient (Wildman–Crippen LogP) is 2.03. The molecule has 0 aromatic rings. The van der Waals surface area contributed by atoms with Crippen LogP contribution in [0.5, 0.6) is 0 Å². The molecule has 1 amide bonds. The highest BCUT2D eigenvalue weighted by Gasteiger charge is 2.37. The molecule has 0 radical (unpaired) electrons. The van der Waals surface area contributed by atoms with Crippen molar-refractivity contribution in [1.82, 2.24) is 10.6 Å². The fraction of sp³-hybridized carbons (Fsp3) is 0.923. The van der Waals surface area contributed by atoms with Crippen LogP contribution in [0.3, 0.4) is 0 Å². The predicted molar refractivity (Wildman–Crippen MR) is 75.5 cm³/mol. The molecule has 4 heteroatoms. The zero-order chi connectivity index (χ0) is 12.6. The fourth-order valence-corrected chi connectivity index (χ4v) is 2.88. The minimum Gasteiger partial charge on any atom is -0.356 e. The van der Waals surface area contributed by atoms with Crippen molar-refractivity contribution >= 4 is 17.7 Å². The molecule has 0 saturated carbocycles. The summed E-state index contributed by atoms with van der Waals surface area (Å²) in [6.07, 6.45) is 7.51. The van der Waals surface area contributed by atoms with E-state index >= 15 is 0 Å². The number of nitrogens with one attached hydrogen (secondary N) is 2. The lowest BCUT2D eigenvalue weighted by atomic mass is 9.77. The molecule has 1 saturated heterocycles. The first-order valence-electron chi connectivity index (χ1n) is 6.73. The second-order valence-electron chi connectivity index (χ2n) is 4.87. The van der Waals surface area contributed by atoms with Crippen molar-refractivity contribution in [2.24, 2.45) is 5.41 Å². The Morgan fingerprint density at radius 3 is 2.88 bits per heavy atom. The maximum absolute atomic E-state index is 12.2. The molecule has 0 aliphatic carbocycles. The van der Waals surface area contributed by atoms with E-state index in [1.54, 1.807) is 0 Å². The highest BCUT2D eigenvalue weighted by molar-refractivity contribution is 7.98. The van der Waals surface area contributed by atoms with E-state index < -0.39 is 0 Å². The number of piperidine rings is 1. The third-order valence-corrected chi connectivity index (χ3v) is 4.39. The number of hydrogen-bond acceptors (Lipinski definition) is 3. The number of unbranched alkanes of at least 4 members (excludes halogenated alkanes) is 1. The first kappa shape index (κ1) is 14.8. The first-order valence-corrected chi connectivity index (χ1v) is 8.12. The van der Waals surface area contributed by atoms with E-state index in [2.05, 4.69) is 23.8 Å². The first-order chi connectivity index (χ1) is 8.25. The van der Waals surface area contributed by atoms with Crippen molar-refractivity contribution in [3.63, 3.8) is 0 Å². The molecule has 17 heavy (non-hydrogen) atoms.